The molecule has 5 nitrogen and oxygen atoms in total. The van der Waals surface area contributed by atoms with Crippen LogP contribution in [0, 0.1) is 0 Å². The zero-order valence-corrected chi connectivity index (χ0v) is 16.4. The fraction of sp³-hybridized carbons (Fsp3) is 0.208. The van der Waals surface area contributed by atoms with Gasteiger partial charge in [-0.25, -0.2) is 4.79 Å². The van der Waals surface area contributed by atoms with Gasteiger partial charge in [-0.1, -0.05) is 48.5 Å². The molecule has 4 rings (SSSR count). The van der Waals surface area contributed by atoms with E-state index in [4.69, 9.17) is 18.9 Å². The average Bonchev–Trinajstić information content (AvgIpc) is 2.77. The highest BCUT2D eigenvalue weighted by molar-refractivity contribution is 5.95. The number of carbonyl (C=O) groups excluding carboxylic acids is 1. The molecular weight excluding hydrogens is 368 g/mol. The Morgan fingerprint density at radius 2 is 1.69 bits per heavy atom. The molecule has 3 aromatic rings. The summed E-state index contributed by atoms with van der Waals surface area (Å²) in [5.74, 6) is 1.40. The van der Waals surface area contributed by atoms with Gasteiger partial charge in [-0.2, -0.15) is 0 Å². The summed E-state index contributed by atoms with van der Waals surface area (Å²) in [5.41, 5.74) is 3.33. The van der Waals surface area contributed by atoms with Gasteiger partial charge in [0.25, 0.3) is 0 Å². The fourth-order valence-corrected chi connectivity index (χ4v) is 3.51. The van der Waals surface area contributed by atoms with Crippen molar-refractivity contribution < 1.29 is 23.7 Å². The molecule has 0 bridgehead atoms. The van der Waals surface area contributed by atoms with E-state index in [1.807, 2.05) is 60.7 Å². The highest BCUT2D eigenvalue weighted by atomic mass is 16.5. The quantitative estimate of drug-likeness (QED) is 0.569. The van der Waals surface area contributed by atoms with Crippen molar-refractivity contribution in [2.75, 3.05) is 14.2 Å². The molecule has 0 saturated heterocycles. The summed E-state index contributed by atoms with van der Waals surface area (Å²) in [7, 11) is 3.16. The molecule has 1 aliphatic heterocycles. The second-order valence-electron chi connectivity index (χ2n) is 6.78. The van der Waals surface area contributed by atoms with Gasteiger partial charge >= 0.3 is 5.97 Å². The molecule has 148 valence electrons. The van der Waals surface area contributed by atoms with E-state index < -0.39 is 6.10 Å². The molecule has 0 N–H and O–H groups in total. The van der Waals surface area contributed by atoms with E-state index in [1.165, 1.54) is 0 Å². The summed E-state index contributed by atoms with van der Waals surface area (Å²) < 4.78 is 22.5. The average molecular weight is 390 g/mol. The van der Waals surface area contributed by atoms with Crippen molar-refractivity contribution in [2.24, 2.45) is 0 Å². The molecule has 0 radical (unpaired) electrons. The van der Waals surface area contributed by atoms with Crippen molar-refractivity contribution in [2.45, 2.75) is 19.1 Å². The molecule has 0 amide bonds. The van der Waals surface area contributed by atoms with Crippen LogP contribution in [0.2, 0.25) is 0 Å². The minimum Gasteiger partial charge on any atom is -0.496 e. The van der Waals surface area contributed by atoms with E-state index in [-0.39, 0.29) is 5.97 Å². The fourth-order valence-electron chi connectivity index (χ4n) is 3.51. The molecule has 0 spiro atoms. The second-order valence-corrected chi connectivity index (χ2v) is 6.78. The third-order valence-electron chi connectivity index (χ3n) is 4.99. The third-order valence-corrected chi connectivity index (χ3v) is 4.99. The number of fused-ring (bicyclic) bond motifs is 1. The third kappa shape index (κ3) is 3.90. The molecule has 1 heterocycles. The molecule has 1 aliphatic rings. The Balaban J connectivity index is 1.59. The van der Waals surface area contributed by atoms with Gasteiger partial charge in [0.2, 0.25) is 0 Å². The maximum Gasteiger partial charge on any atom is 0.342 e. The SMILES string of the molecule is COc1ccc([C@H]2Cc3cccc(OC)c3C(=O)O2)cc1OCc1ccccc1. The lowest BCUT2D eigenvalue weighted by Gasteiger charge is -2.26. The summed E-state index contributed by atoms with van der Waals surface area (Å²) in [6.07, 6.45) is 0.176. The predicted molar refractivity (Wildman–Crippen MR) is 109 cm³/mol. The monoisotopic (exact) mass is 390 g/mol. The van der Waals surface area contributed by atoms with Crippen LogP contribution < -0.4 is 14.2 Å². The standard InChI is InChI=1S/C24H22O5/c1-26-19-12-11-17(13-22(19)28-15-16-7-4-3-5-8-16)21-14-18-9-6-10-20(27-2)23(18)24(25)29-21/h3-13,21H,14-15H2,1-2H3/t21-/m1/s1. The van der Waals surface area contributed by atoms with E-state index in [0.717, 1.165) is 16.7 Å². The molecule has 1 atom stereocenters. The maximum atomic E-state index is 12.6. The Bertz CT molecular complexity index is 1010. The summed E-state index contributed by atoms with van der Waals surface area (Å²) >= 11 is 0. The zero-order chi connectivity index (χ0) is 20.2. The van der Waals surface area contributed by atoms with Gasteiger partial charge in [0, 0.05) is 6.42 Å². The first-order valence-corrected chi connectivity index (χ1v) is 9.41. The molecule has 0 fully saturated rings. The van der Waals surface area contributed by atoms with Crippen molar-refractivity contribution >= 4 is 5.97 Å². The van der Waals surface area contributed by atoms with E-state index in [2.05, 4.69) is 0 Å². The Morgan fingerprint density at radius 1 is 0.897 bits per heavy atom. The molecular formula is C24H22O5. The van der Waals surface area contributed by atoms with Gasteiger partial charge in [0.05, 0.1) is 14.2 Å². The first-order valence-electron chi connectivity index (χ1n) is 9.41. The molecule has 3 aromatic carbocycles. The maximum absolute atomic E-state index is 12.6. The first kappa shape index (κ1) is 18.9. The van der Waals surface area contributed by atoms with Crippen LogP contribution in [0.1, 0.15) is 33.2 Å². The Kier molecular flexibility index (Phi) is 5.38. The number of hydrogen-bond donors (Lipinski definition) is 0. The van der Waals surface area contributed by atoms with Crippen LogP contribution in [0.15, 0.2) is 66.7 Å². The molecule has 29 heavy (non-hydrogen) atoms. The van der Waals surface area contributed by atoms with E-state index in [1.54, 1.807) is 20.3 Å². The molecule has 0 aromatic heterocycles. The number of benzene rings is 3. The van der Waals surface area contributed by atoms with Crippen LogP contribution in [0.25, 0.3) is 0 Å². The summed E-state index contributed by atoms with van der Waals surface area (Å²) in [4.78, 5) is 12.6. The van der Waals surface area contributed by atoms with Crippen molar-refractivity contribution in [3.05, 3.63) is 89.0 Å². The van der Waals surface area contributed by atoms with Crippen molar-refractivity contribution in [1.29, 1.82) is 0 Å². The summed E-state index contributed by atoms with van der Waals surface area (Å²) in [6.45, 7) is 0.422. The van der Waals surface area contributed by atoms with Crippen molar-refractivity contribution in [3.63, 3.8) is 0 Å². The van der Waals surface area contributed by atoms with Gasteiger partial charge in [0.15, 0.2) is 11.5 Å². The normalized spacial score (nSPS) is 15.2. The van der Waals surface area contributed by atoms with E-state index in [0.29, 0.717) is 35.8 Å². The first-order chi connectivity index (χ1) is 14.2. The Morgan fingerprint density at radius 3 is 2.45 bits per heavy atom. The lowest BCUT2D eigenvalue weighted by Crippen LogP contribution is -2.22. The van der Waals surface area contributed by atoms with Crippen LogP contribution in [0.5, 0.6) is 17.2 Å². The molecule has 0 saturated carbocycles. The van der Waals surface area contributed by atoms with Gasteiger partial charge in [0.1, 0.15) is 24.0 Å². The van der Waals surface area contributed by atoms with Crippen molar-refractivity contribution in [1.82, 2.24) is 0 Å². The van der Waals surface area contributed by atoms with Crippen LogP contribution in [0.4, 0.5) is 0 Å². The van der Waals surface area contributed by atoms with Crippen molar-refractivity contribution in [3.8, 4) is 17.2 Å². The molecule has 0 aliphatic carbocycles. The van der Waals surface area contributed by atoms with Gasteiger partial charge < -0.3 is 18.9 Å². The van der Waals surface area contributed by atoms with Gasteiger partial charge in [-0.05, 0) is 34.9 Å². The van der Waals surface area contributed by atoms with Gasteiger partial charge in [-0.15, -0.1) is 0 Å². The molecule has 5 heteroatoms. The predicted octanol–water partition coefficient (Wildman–Crippen LogP) is 4.74. The smallest absolute Gasteiger partial charge is 0.342 e. The number of carbonyl (C=O) groups is 1. The van der Waals surface area contributed by atoms with E-state index in [9.17, 15) is 4.79 Å². The Labute approximate surface area is 169 Å². The van der Waals surface area contributed by atoms with Crippen LogP contribution in [-0.4, -0.2) is 20.2 Å². The topological polar surface area (TPSA) is 54.0 Å². The number of ether oxygens (including phenoxy) is 4. The van der Waals surface area contributed by atoms with Gasteiger partial charge in [-0.3, -0.25) is 0 Å². The number of methoxy groups -OCH3 is 2. The lowest BCUT2D eigenvalue weighted by molar-refractivity contribution is 0.0247. The van der Waals surface area contributed by atoms with Crippen LogP contribution in [0.3, 0.4) is 0 Å². The lowest BCUT2D eigenvalue weighted by atomic mass is 9.94. The zero-order valence-electron chi connectivity index (χ0n) is 16.4. The minimum absolute atomic E-state index is 0.378. The number of rotatable bonds is 6. The van der Waals surface area contributed by atoms with Crippen LogP contribution >= 0.6 is 0 Å². The molecule has 0 unspecified atom stereocenters. The largest absolute Gasteiger partial charge is 0.496 e. The van der Waals surface area contributed by atoms with E-state index >= 15 is 0 Å². The summed E-state index contributed by atoms with van der Waals surface area (Å²) in [5, 5.41) is 0. The highest BCUT2D eigenvalue weighted by Crippen LogP contribution is 2.38. The Hall–Kier alpha value is -3.47. The number of cyclic esters (lactones) is 1. The summed E-state index contributed by atoms with van der Waals surface area (Å²) in [6, 6.07) is 21.1. The minimum atomic E-state index is -0.396. The number of esters is 1. The van der Waals surface area contributed by atoms with Crippen LogP contribution in [-0.2, 0) is 17.8 Å². The highest BCUT2D eigenvalue weighted by Gasteiger charge is 2.30. The number of hydrogen-bond acceptors (Lipinski definition) is 5. The second kappa shape index (κ2) is 8.27.